The SMILES string of the molecule is O=c1n(Cc2coc(-c3ccc([N+](=O)[O-])cc3)n2)nnn1-c1cccs1. The first-order valence-electron chi connectivity index (χ1n) is 7.38. The van der Waals surface area contributed by atoms with Gasteiger partial charge in [0.1, 0.15) is 17.0 Å². The molecule has 130 valence electrons. The molecule has 0 aliphatic carbocycles. The molecule has 0 atom stereocenters. The summed E-state index contributed by atoms with van der Waals surface area (Å²) in [6.45, 7) is 0.0979. The Morgan fingerprint density at radius 1 is 1.19 bits per heavy atom. The lowest BCUT2D eigenvalue weighted by Gasteiger charge is -1.95. The first-order valence-corrected chi connectivity index (χ1v) is 8.26. The van der Waals surface area contributed by atoms with Crippen LogP contribution < -0.4 is 5.69 Å². The van der Waals surface area contributed by atoms with E-state index in [-0.39, 0.29) is 17.9 Å². The van der Waals surface area contributed by atoms with Gasteiger partial charge in [-0.3, -0.25) is 10.1 Å². The van der Waals surface area contributed by atoms with Gasteiger partial charge in [0.25, 0.3) is 5.69 Å². The number of hydrogen-bond donors (Lipinski definition) is 0. The van der Waals surface area contributed by atoms with Gasteiger partial charge in [0.05, 0.1) is 11.5 Å². The molecule has 11 heteroatoms. The zero-order valence-electron chi connectivity index (χ0n) is 13.1. The monoisotopic (exact) mass is 370 g/mol. The second-order valence-electron chi connectivity index (χ2n) is 5.23. The predicted octanol–water partition coefficient (Wildman–Crippen LogP) is 2.10. The van der Waals surface area contributed by atoms with E-state index in [9.17, 15) is 14.9 Å². The molecule has 0 aliphatic rings. The van der Waals surface area contributed by atoms with E-state index in [2.05, 4.69) is 15.4 Å². The molecule has 1 aromatic carbocycles. The third-order valence-corrected chi connectivity index (χ3v) is 4.39. The molecule has 10 nitrogen and oxygen atoms in total. The zero-order chi connectivity index (χ0) is 18.1. The van der Waals surface area contributed by atoms with Gasteiger partial charge in [0.15, 0.2) is 0 Å². The van der Waals surface area contributed by atoms with E-state index >= 15 is 0 Å². The third-order valence-electron chi connectivity index (χ3n) is 3.54. The van der Waals surface area contributed by atoms with E-state index in [0.29, 0.717) is 22.1 Å². The quantitative estimate of drug-likeness (QED) is 0.389. The number of nitrogens with zero attached hydrogens (tertiary/aromatic N) is 6. The van der Waals surface area contributed by atoms with Gasteiger partial charge in [-0.05, 0) is 40.1 Å². The summed E-state index contributed by atoms with van der Waals surface area (Å²) in [6.07, 6.45) is 1.41. The number of nitro groups is 1. The maximum Gasteiger partial charge on any atom is 0.369 e. The molecule has 0 aliphatic heterocycles. The molecule has 3 aromatic heterocycles. The molecule has 0 fully saturated rings. The molecule has 26 heavy (non-hydrogen) atoms. The van der Waals surface area contributed by atoms with E-state index in [1.165, 1.54) is 39.1 Å². The lowest BCUT2D eigenvalue weighted by Crippen LogP contribution is -2.24. The number of rotatable bonds is 5. The van der Waals surface area contributed by atoms with Crippen molar-refractivity contribution in [2.45, 2.75) is 6.54 Å². The number of tetrazole rings is 1. The van der Waals surface area contributed by atoms with Crippen molar-refractivity contribution in [1.29, 1.82) is 0 Å². The summed E-state index contributed by atoms with van der Waals surface area (Å²) in [7, 11) is 0. The van der Waals surface area contributed by atoms with Crippen LogP contribution in [0, 0.1) is 10.1 Å². The van der Waals surface area contributed by atoms with Crippen LogP contribution in [0.25, 0.3) is 16.5 Å². The van der Waals surface area contributed by atoms with E-state index in [0.717, 1.165) is 0 Å². The fourth-order valence-electron chi connectivity index (χ4n) is 2.29. The number of benzene rings is 1. The molecule has 0 radical (unpaired) electrons. The molecule has 0 spiro atoms. The van der Waals surface area contributed by atoms with Gasteiger partial charge in [-0.1, -0.05) is 0 Å². The highest BCUT2D eigenvalue weighted by Crippen LogP contribution is 2.22. The van der Waals surface area contributed by atoms with Crippen molar-refractivity contribution in [3.05, 3.63) is 74.3 Å². The zero-order valence-corrected chi connectivity index (χ0v) is 13.9. The number of non-ortho nitro benzene ring substituents is 1. The Morgan fingerprint density at radius 2 is 2.00 bits per heavy atom. The van der Waals surface area contributed by atoms with Crippen LogP contribution >= 0.6 is 11.3 Å². The van der Waals surface area contributed by atoms with E-state index < -0.39 is 4.92 Å². The van der Waals surface area contributed by atoms with Crippen LogP contribution in [-0.4, -0.2) is 29.7 Å². The minimum absolute atomic E-state index is 0.0164. The molecule has 0 N–H and O–H groups in total. The number of oxazole rings is 1. The van der Waals surface area contributed by atoms with Gasteiger partial charge >= 0.3 is 5.69 Å². The highest BCUT2D eigenvalue weighted by Gasteiger charge is 2.14. The molecule has 0 amide bonds. The fraction of sp³-hybridized carbons (Fsp3) is 0.0667. The van der Waals surface area contributed by atoms with Crippen molar-refractivity contribution in [2.75, 3.05) is 0 Å². The second-order valence-corrected chi connectivity index (χ2v) is 6.16. The Hall–Kier alpha value is -3.60. The largest absolute Gasteiger partial charge is 0.444 e. The van der Waals surface area contributed by atoms with E-state index in [1.807, 2.05) is 11.4 Å². The second kappa shape index (κ2) is 6.37. The van der Waals surface area contributed by atoms with Gasteiger partial charge in [-0.15, -0.1) is 11.3 Å². The topological polar surface area (TPSA) is 122 Å². The summed E-state index contributed by atoms with van der Waals surface area (Å²) in [5.74, 6) is 0.300. The Morgan fingerprint density at radius 3 is 2.69 bits per heavy atom. The van der Waals surface area contributed by atoms with Crippen LogP contribution in [0.5, 0.6) is 0 Å². The average Bonchev–Trinajstić information content (AvgIpc) is 3.38. The van der Waals surface area contributed by atoms with Gasteiger partial charge in [-0.2, -0.15) is 9.36 Å². The molecule has 0 saturated carbocycles. The van der Waals surface area contributed by atoms with Gasteiger partial charge in [-0.25, -0.2) is 9.78 Å². The van der Waals surface area contributed by atoms with Crippen LogP contribution in [0.1, 0.15) is 5.69 Å². The predicted molar refractivity (Wildman–Crippen MR) is 91.2 cm³/mol. The molecule has 0 saturated heterocycles. The summed E-state index contributed by atoms with van der Waals surface area (Å²) in [5.41, 5.74) is 0.680. The molecular formula is C15H10N6O4S. The summed E-state index contributed by atoms with van der Waals surface area (Å²) >= 11 is 1.38. The molecule has 4 rings (SSSR count). The number of aromatic nitrogens is 5. The van der Waals surface area contributed by atoms with Gasteiger partial charge < -0.3 is 4.42 Å². The van der Waals surface area contributed by atoms with Crippen molar-refractivity contribution in [1.82, 2.24) is 24.8 Å². The Labute approximate surface area is 149 Å². The van der Waals surface area contributed by atoms with Crippen LogP contribution in [0.4, 0.5) is 5.69 Å². The first kappa shape index (κ1) is 15.9. The fourth-order valence-corrected chi connectivity index (χ4v) is 2.96. The van der Waals surface area contributed by atoms with Gasteiger partial charge in [0.2, 0.25) is 5.89 Å². The Kier molecular flexibility index (Phi) is 3.89. The smallest absolute Gasteiger partial charge is 0.369 e. The van der Waals surface area contributed by atoms with Crippen LogP contribution in [0.2, 0.25) is 0 Å². The van der Waals surface area contributed by atoms with Crippen LogP contribution in [0.3, 0.4) is 0 Å². The first-order chi connectivity index (χ1) is 12.6. The maximum atomic E-state index is 12.3. The Bertz CT molecular complexity index is 1110. The summed E-state index contributed by atoms with van der Waals surface area (Å²) in [6, 6.07) is 9.43. The number of nitro benzene ring substituents is 1. The van der Waals surface area contributed by atoms with Crippen molar-refractivity contribution in [3.63, 3.8) is 0 Å². The van der Waals surface area contributed by atoms with Gasteiger partial charge in [0, 0.05) is 17.7 Å². The number of hydrogen-bond acceptors (Lipinski definition) is 8. The molecule has 3 heterocycles. The summed E-state index contributed by atoms with van der Waals surface area (Å²) in [4.78, 5) is 26.8. The standard InChI is InChI=1S/C15H10N6O4S/c22-15-19(17-18-20(15)13-2-1-7-26-13)8-11-9-25-14(16-11)10-3-5-12(6-4-10)21(23)24/h1-7,9H,8H2. The Balaban J connectivity index is 1.56. The van der Waals surface area contributed by atoms with Crippen molar-refractivity contribution >= 4 is 17.0 Å². The van der Waals surface area contributed by atoms with E-state index in [4.69, 9.17) is 4.42 Å². The lowest BCUT2D eigenvalue weighted by atomic mass is 10.2. The highest BCUT2D eigenvalue weighted by atomic mass is 32.1. The molecule has 0 unspecified atom stereocenters. The third kappa shape index (κ3) is 2.91. The van der Waals surface area contributed by atoms with Crippen LogP contribution in [0.15, 0.2) is 57.3 Å². The van der Waals surface area contributed by atoms with Crippen molar-refractivity contribution in [3.8, 4) is 16.5 Å². The maximum absolute atomic E-state index is 12.3. The minimum atomic E-state index is -0.478. The summed E-state index contributed by atoms with van der Waals surface area (Å²) < 4.78 is 7.78. The molecule has 0 bridgehead atoms. The highest BCUT2D eigenvalue weighted by molar-refractivity contribution is 7.12. The van der Waals surface area contributed by atoms with Crippen molar-refractivity contribution in [2.24, 2.45) is 0 Å². The average molecular weight is 370 g/mol. The number of thiophene rings is 1. The summed E-state index contributed by atoms with van der Waals surface area (Å²) in [5, 5.41) is 20.9. The van der Waals surface area contributed by atoms with Crippen molar-refractivity contribution < 1.29 is 9.34 Å². The molecule has 4 aromatic rings. The molecular weight excluding hydrogens is 360 g/mol. The normalized spacial score (nSPS) is 10.9. The minimum Gasteiger partial charge on any atom is -0.444 e. The van der Waals surface area contributed by atoms with E-state index in [1.54, 1.807) is 18.2 Å². The van der Waals surface area contributed by atoms with Crippen LogP contribution in [-0.2, 0) is 6.54 Å². The lowest BCUT2D eigenvalue weighted by molar-refractivity contribution is -0.384.